The van der Waals surface area contributed by atoms with E-state index in [1.54, 1.807) is 0 Å². The van der Waals surface area contributed by atoms with Crippen molar-refractivity contribution in [3.63, 3.8) is 0 Å². The fourth-order valence-corrected chi connectivity index (χ4v) is 2.25. The number of nitrogens with one attached hydrogen (secondary N) is 1. The van der Waals surface area contributed by atoms with Gasteiger partial charge in [0.2, 0.25) is 5.91 Å². The lowest BCUT2D eigenvalue weighted by Gasteiger charge is -2.03. The van der Waals surface area contributed by atoms with E-state index in [2.05, 4.69) is 18.8 Å². The van der Waals surface area contributed by atoms with E-state index in [-0.39, 0.29) is 5.91 Å². The number of carbonyl (C=O) groups is 1. The van der Waals surface area contributed by atoms with Gasteiger partial charge in [-0.2, -0.15) is 0 Å². The fourth-order valence-electron chi connectivity index (χ4n) is 2.25. The largest absolute Gasteiger partial charge is 0.353 e. The summed E-state index contributed by atoms with van der Waals surface area (Å²) < 4.78 is 0. The lowest BCUT2D eigenvalue weighted by Crippen LogP contribution is -2.21. The van der Waals surface area contributed by atoms with Crippen LogP contribution in [0.4, 0.5) is 0 Å². The van der Waals surface area contributed by atoms with Crippen molar-refractivity contribution in [2.24, 2.45) is 0 Å². The first kappa shape index (κ1) is 18.2. The summed E-state index contributed by atoms with van der Waals surface area (Å²) in [7, 11) is 0. The molecule has 112 valence electrons. The van der Waals surface area contributed by atoms with Crippen LogP contribution in [0, 0.1) is 0 Å². The van der Waals surface area contributed by atoms with E-state index < -0.39 is 0 Å². The standard InChI is InChI=1S/C17H33NO/c1-3-5-6-7-8-9-10-11-12-13-14-15-16-18-17(19)4-2/h4H,2-3,5-16H2,1H3,(H,18,19). The van der Waals surface area contributed by atoms with E-state index in [1.165, 1.54) is 76.7 Å². The highest BCUT2D eigenvalue weighted by Crippen LogP contribution is 2.11. The molecule has 0 unspecified atom stereocenters. The Balaban J connectivity index is 2.99. The van der Waals surface area contributed by atoms with Gasteiger partial charge in [-0.25, -0.2) is 0 Å². The smallest absolute Gasteiger partial charge is 0.243 e. The molecule has 0 saturated heterocycles. The Hall–Kier alpha value is -0.790. The quantitative estimate of drug-likeness (QED) is 0.348. The van der Waals surface area contributed by atoms with E-state index in [1.807, 2.05) is 0 Å². The SMILES string of the molecule is C=CC(=O)NCCCCCCCCCCCCCC. The Morgan fingerprint density at radius 1 is 0.842 bits per heavy atom. The summed E-state index contributed by atoms with van der Waals surface area (Å²) in [5.74, 6) is -0.0527. The van der Waals surface area contributed by atoms with Gasteiger partial charge in [-0.1, -0.05) is 84.1 Å². The van der Waals surface area contributed by atoms with Crippen LogP contribution < -0.4 is 5.32 Å². The highest BCUT2D eigenvalue weighted by Gasteiger charge is 1.94. The van der Waals surface area contributed by atoms with Gasteiger partial charge in [0.25, 0.3) is 0 Å². The van der Waals surface area contributed by atoms with Crippen LogP contribution >= 0.6 is 0 Å². The molecule has 0 aliphatic heterocycles. The van der Waals surface area contributed by atoms with E-state index in [0.29, 0.717) is 0 Å². The summed E-state index contributed by atoms with van der Waals surface area (Å²) in [6.07, 6.45) is 17.5. The molecule has 0 heterocycles. The maximum Gasteiger partial charge on any atom is 0.243 e. The minimum atomic E-state index is -0.0527. The second-order valence-electron chi connectivity index (χ2n) is 5.38. The molecule has 19 heavy (non-hydrogen) atoms. The average molecular weight is 267 g/mol. The summed E-state index contributed by atoms with van der Waals surface area (Å²) in [6, 6.07) is 0. The Morgan fingerprint density at radius 3 is 1.68 bits per heavy atom. The van der Waals surface area contributed by atoms with E-state index >= 15 is 0 Å². The van der Waals surface area contributed by atoms with Gasteiger partial charge in [-0.15, -0.1) is 0 Å². The molecule has 0 spiro atoms. The lowest BCUT2D eigenvalue weighted by atomic mass is 10.1. The van der Waals surface area contributed by atoms with E-state index in [0.717, 1.165) is 13.0 Å². The van der Waals surface area contributed by atoms with Crippen LogP contribution in [-0.4, -0.2) is 12.5 Å². The third kappa shape index (κ3) is 15.2. The Labute approximate surface area is 120 Å². The molecule has 0 aromatic heterocycles. The molecule has 0 aromatic rings. The topological polar surface area (TPSA) is 29.1 Å². The molecule has 0 aromatic carbocycles. The van der Waals surface area contributed by atoms with Crippen LogP contribution in [-0.2, 0) is 4.79 Å². The molecule has 1 amide bonds. The highest BCUT2D eigenvalue weighted by molar-refractivity contribution is 5.86. The van der Waals surface area contributed by atoms with Crippen LogP contribution in [0.5, 0.6) is 0 Å². The molecular weight excluding hydrogens is 234 g/mol. The van der Waals surface area contributed by atoms with Gasteiger partial charge in [-0.05, 0) is 12.5 Å². The van der Waals surface area contributed by atoms with Crippen LogP contribution in [0.15, 0.2) is 12.7 Å². The molecule has 0 rings (SSSR count). The molecule has 0 fully saturated rings. The second kappa shape index (κ2) is 15.3. The molecule has 0 aliphatic rings. The molecule has 1 N–H and O–H groups in total. The molecule has 0 atom stereocenters. The maximum atomic E-state index is 10.9. The highest BCUT2D eigenvalue weighted by atomic mass is 16.1. The number of hydrogen-bond donors (Lipinski definition) is 1. The summed E-state index contributed by atoms with van der Waals surface area (Å²) in [4.78, 5) is 10.9. The van der Waals surface area contributed by atoms with E-state index in [9.17, 15) is 4.79 Å². The van der Waals surface area contributed by atoms with Crippen molar-refractivity contribution in [1.82, 2.24) is 5.32 Å². The maximum absolute atomic E-state index is 10.9. The van der Waals surface area contributed by atoms with Crippen LogP contribution in [0.2, 0.25) is 0 Å². The number of carbonyl (C=O) groups excluding carboxylic acids is 1. The zero-order valence-electron chi connectivity index (χ0n) is 12.9. The van der Waals surface area contributed by atoms with Crippen molar-refractivity contribution in [3.05, 3.63) is 12.7 Å². The number of unbranched alkanes of at least 4 members (excludes halogenated alkanes) is 11. The van der Waals surface area contributed by atoms with Gasteiger partial charge in [0.15, 0.2) is 0 Å². The van der Waals surface area contributed by atoms with Gasteiger partial charge < -0.3 is 5.32 Å². The fraction of sp³-hybridized carbons (Fsp3) is 0.824. The molecule has 0 aliphatic carbocycles. The molecule has 0 saturated carbocycles. The minimum absolute atomic E-state index is 0.0527. The summed E-state index contributed by atoms with van der Waals surface area (Å²) in [5, 5.41) is 2.81. The van der Waals surface area contributed by atoms with Gasteiger partial charge in [0, 0.05) is 6.54 Å². The average Bonchev–Trinajstić information content (AvgIpc) is 2.43. The van der Waals surface area contributed by atoms with Crippen molar-refractivity contribution < 1.29 is 4.79 Å². The van der Waals surface area contributed by atoms with Crippen LogP contribution in [0.25, 0.3) is 0 Å². The zero-order chi connectivity index (χ0) is 14.2. The summed E-state index contributed by atoms with van der Waals surface area (Å²) in [5.41, 5.74) is 0. The minimum Gasteiger partial charge on any atom is -0.353 e. The second-order valence-corrected chi connectivity index (χ2v) is 5.38. The summed E-state index contributed by atoms with van der Waals surface area (Å²) in [6.45, 7) is 6.49. The Morgan fingerprint density at radius 2 is 1.26 bits per heavy atom. The first-order valence-electron chi connectivity index (χ1n) is 8.21. The first-order valence-corrected chi connectivity index (χ1v) is 8.21. The normalized spacial score (nSPS) is 10.4. The monoisotopic (exact) mass is 267 g/mol. The van der Waals surface area contributed by atoms with Gasteiger partial charge >= 0.3 is 0 Å². The number of rotatable bonds is 14. The molecule has 2 heteroatoms. The van der Waals surface area contributed by atoms with Crippen LogP contribution in [0.3, 0.4) is 0 Å². The van der Waals surface area contributed by atoms with Crippen molar-refractivity contribution >= 4 is 5.91 Å². The predicted octanol–water partition coefficient (Wildman–Crippen LogP) is 4.99. The number of amides is 1. The molecule has 0 radical (unpaired) electrons. The molecule has 0 bridgehead atoms. The van der Waals surface area contributed by atoms with Crippen molar-refractivity contribution in [1.29, 1.82) is 0 Å². The number of hydrogen-bond acceptors (Lipinski definition) is 1. The molecule has 2 nitrogen and oxygen atoms in total. The van der Waals surface area contributed by atoms with Gasteiger partial charge in [-0.3, -0.25) is 4.79 Å². The lowest BCUT2D eigenvalue weighted by molar-refractivity contribution is -0.116. The molecular formula is C17H33NO. The van der Waals surface area contributed by atoms with Crippen LogP contribution in [0.1, 0.15) is 84.0 Å². The van der Waals surface area contributed by atoms with E-state index in [4.69, 9.17) is 0 Å². The Kier molecular flexibility index (Phi) is 14.6. The first-order chi connectivity index (χ1) is 9.31. The summed E-state index contributed by atoms with van der Waals surface area (Å²) >= 11 is 0. The Bertz CT molecular complexity index is 213. The van der Waals surface area contributed by atoms with Crippen molar-refractivity contribution in [2.45, 2.75) is 84.0 Å². The third-order valence-electron chi connectivity index (χ3n) is 3.51. The van der Waals surface area contributed by atoms with Gasteiger partial charge in [0.05, 0.1) is 0 Å². The zero-order valence-corrected chi connectivity index (χ0v) is 12.9. The van der Waals surface area contributed by atoms with Gasteiger partial charge in [0.1, 0.15) is 0 Å². The predicted molar refractivity (Wildman–Crippen MR) is 84.3 cm³/mol. The van der Waals surface area contributed by atoms with Crippen molar-refractivity contribution in [2.75, 3.05) is 6.54 Å². The van der Waals surface area contributed by atoms with Crippen molar-refractivity contribution in [3.8, 4) is 0 Å². The third-order valence-corrected chi connectivity index (χ3v) is 3.51.